The van der Waals surface area contributed by atoms with Gasteiger partial charge in [-0.3, -0.25) is 9.78 Å². The number of ketones is 1. The van der Waals surface area contributed by atoms with Crippen molar-refractivity contribution in [2.45, 2.75) is 0 Å². The Kier molecular flexibility index (Phi) is 2.93. The highest BCUT2D eigenvalue weighted by atomic mass is 32.2. The number of benzene rings is 1. The molecule has 2 aromatic rings. The first-order valence-corrected chi connectivity index (χ1v) is 7.07. The molecule has 0 amide bonds. The third kappa shape index (κ3) is 2.88. The van der Waals surface area contributed by atoms with Crippen molar-refractivity contribution in [1.82, 2.24) is 4.98 Å². The second-order valence-electron chi connectivity index (χ2n) is 3.90. The van der Waals surface area contributed by atoms with Crippen LogP contribution in [0.2, 0.25) is 0 Å². The number of carbonyl (C=O) groups excluding carboxylic acids is 1. The molecule has 0 saturated carbocycles. The fourth-order valence-corrected chi connectivity index (χ4v) is 2.20. The zero-order chi connectivity index (χ0) is 12.5. The van der Waals surface area contributed by atoms with Gasteiger partial charge in [-0.05, 0) is 12.1 Å². The number of fused-ring (bicyclic) bond motifs is 1. The van der Waals surface area contributed by atoms with Crippen LogP contribution in [0.4, 0.5) is 0 Å². The van der Waals surface area contributed by atoms with Crippen molar-refractivity contribution >= 4 is 26.5 Å². The van der Waals surface area contributed by atoms with Gasteiger partial charge in [-0.2, -0.15) is 0 Å². The summed E-state index contributed by atoms with van der Waals surface area (Å²) in [5.41, 5.74) is 1.06. The molecule has 0 unspecified atom stereocenters. The molecule has 0 atom stereocenters. The largest absolute Gasteiger partial charge is 0.293 e. The number of carbonyl (C=O) groups is 1. The predicted octanol–water partition coefficient (Wildman–Crippen LogP) is 1.46. The van der Waals surface area contributed by atoms with Crippen molar-refractivity contribution < 1.29 is 13.2 Å². The summed E-state index contributed by atoms with van der Waals surface area (Å²) in [6.45, 7) is 0. The minimum Gasteiger partial charge on any atom is -0.293 e. The first-order chi connectivity index (χ1) is 7.96. The van der Waals surface area contributed by atoms with Crippen LogP contribution in [0.5, 0.6) is 0 Å². The zero-order valence-electron chi connectivity index (χ0n) is 9.25. The fraction of sp³-hybridized carbons (Fsp3) is 0.167. The van der Waals surface area contributed by atoms with E-state index in [1.54, 1.807) is 30.5 Å². The van der Waals surface area contributed by atoms with Gasteiger partial charge in [0.1, 0.15) is 5.75 Å². The minimum absolute atomic E-state index is 0.377. The molecule has 88 valence electrons. The Labute approximate surface area is 99.2 Å². The van der Waals surface area contributed by atoms with E-state index < -0.39 is 21.4 Å². The van der Waals surface area contributed by atoms with E-state index in [9.17, 15) is 13.2 Å². The van der Waals surface area contributed by atoms with Gasteiger partial charge in [0.15, 0.2) is 15.6 Å². The quantitative estimate of drug-likeness (QED) is 0.772. The number of hydrogen-bond donors (Lipinski definition) is 0. The summed E-state index contributed by atoms with van der Waals surface area (Å²) in [4.78, 5) is 15.8. The van der Waals surface area contributed by atoms with Crippen LogP contribution in [0.15, 0.2) is 36.5 Å². The zero-order valence-corrected chi connectivity index (χ0v) is 10.1. The van der Waals surface area contributed by atoms with Gasteiger partial charge in [-0.15, -0.1) is 0 Å². The summed E-state index contributed by atoms with van der Waals surface area (Å²) in [7, 11) is -3.29. The van der Waals surface area contributed by atoms with Gasteiger partial charge in [0.25, 0.3) is 0 Å². The summed E-state index contributed by atoms with van der Waals surface area (Å²) in [6.07, 6.45) is 2.68. The first-order valence-electron chi connectivity index (χ1n) is 5.01. The number of sulfone groups is 1. The number of Topliss-reactive ketones (excluding diaryl/α,β-unsaturated/α-hetero) is 1. The molecule has 0 bridgehead atoms. The number of nitrogens with zero attached hydrogens (tertiary/aromatic N) is 1. The Hall–Kier alpha value is -1.75. The van der Waals surface area contributed by atoms with Crippen LogP contribution in [0, 0.1) is 0 Å². The summed E-state index contributed by atoms with van der Waals surface area (Å²) in [5.74, 6) is -0.870. The van der Waals surface area contributed by atoms with Gasteiger partial charge in [-0.1, -0.05) is 18.2 Å². The van der Waals surface area contributed by atoms with Gasteiger partial charge in [0.05, 0.1) is 5.52 Å². The molecule has 0 aliphatic carbocycles. The lowest BCUT2D eigenvalue weighted by Gasteiger charge is -2.01. The van der Waals surface area contributed by atoms with Crippen molar-refractivity contribution in [3.05, 3.63) is 42.1 Å². The van der Waals surface area contributed by atoms with E-state index >= 15 is 0 Å². The molecule has 0 aliphatic rings. The molecular formula is C12H11NO3S. The molecule has 2 rings (SSSR count). The Balaban J connectivity index is 2.40. The Morgan fingerprint density at radius 3 is 2.76 bits per heavy atom. The monoisotopic (exact) mass is 249 g/mol. The molecule has 1 heterocycles. The van der Waals surface area contributed by atoms with E-state index in [-0.39, 0.29) is 0 Å². The van der Waals surface area contributed by atoms with Crippen molar-refractivity contribution in [2.75, 3.05) is 12.0 Å². The molecule has 4 nitrogen and oxygen atoms in total. The Bertz CT molecular complexity index is 677. The van der Waals surface area contributed by atoms with Crippen LogP contribution in [0.1, 0.15) is 10.4 Å². The number of hydrogen-bond acceptors (Lipinski definition) is 4. The average Bonchev–Trinajstić information content (AvgIpc) is 2.26. The average molecular weight is 249 g/mol. The highest BCUT2D eigenvalue weighted by Gasteiger charge is 2.13. The summed E-state index contributed by atoms with van der Waals surface area (Å²) >= 11 is 0. The van der Waals surface area contributed by atoms with E-state index in [1.165, 1.54) is 0 Å². The Morgan fingerprint density at radius 1 is 1.29 bits per heavy atom. The summed E-state index contributed by atoms with van der Waals surface area (Å²) in [6, 6.07) is 8.69. The molecule has 5 heteroatoms. The predicted molar refractivity (Wildman–Crippen MR) is 65.8 cm³/mol. The molecular weight excluding hydrogens is 238 g/mol. The van der Waals surface area contributed by atoms with Crippen LogP contribution >= 0.6 is 0 Å². The Morgan fingerprint density at radius 2 is 2.06 bits per heavy atom. The third-order valence-corrected chi connectivity index (χ3v) is 3.11. The summed E-state index contributed by atoms with van der Waals surface area (Å²) in [5, 5.41) is 0.920. The summed E-state index contributed by atoms with van der Waals surface area (Å²) < 4.78 is 22.1. The van der Waals surface area contributed by atoms with Gasteiger partial charge in [0, 0.05) is 23.4 Å². The van der Waals surface area contributed by atoms with Crippen LogP contribution in [0.3, 0.4) is 0 Å². The molecule has 0 spiro atoms. The molecule has 0 aliphatic heterocycles. The second kappa shape index (κ2) is 4.25. The third-order valence-electron chi connectivity index (χ3n) is 2.32. The van der Waals surface area contributed by atoms with Crippen molar-refractivity contribution in [1.29, 1.82) is 0 Å². The maximum absolute atomic E-state index is 11.7. The highest BCUT2D eigenvalue weighted by molar-refractivity contribution is 7.91. The van der Waals surface area contributed by atoms with Crippen molar-refractivity contribution in [3.63, 3.8) is 0 Å². The lowest BCUT2D eigenvalue weighted by Crippen LogP contribution is -2.14. The highest BCUT2D eigenvalue weighted by Crippen LogP contribution is 2.14. The van der Waals surface area contributed by atoms with E-state index in [0.29, 0.717) is 11.1 Å². The smallest absolute Gasteiger partial charge is 0.177 e. The molecule has 1 aromatic carbocycles. The van der Waals surface area contributed by atoms with Crippen LogP contribution in [-0.4, -0.2) is 31.2 Å². The van der Waals surface area contributed by atoms with Crippen LogP contribution < -0.4 is 0 Å². The molecule has 0 fully saturated rings. The van der Waals surface area contributed by atoms with Crippen molar-refractivity contribution in [3.8, 4) is 0 Å². The van der Waals surface area contributed by atoms with Crippen molar-refractivity contribution in [2.24, 2.45) is 0 Å². The van der Waals surface area contributed by atoms with Gasteiger partial charge < -0.3 is 0 Å². The minimum atomic E-state index is -3.29. The lowest BCUT2D eigenvalue weighted by molar-refractivity contribution is 0.102. The normalized spacial score (nSPS) is 11.6. The van der Waals surface area contributed by atoms with E-state index in [4.69, 9.17) is 0 Å². The standard InChI is InChI=1S/C12H11NO3S/c1-17(15,16)8-12(14)10-5-4-9-3-2-6-13-11(9)7-10/h2-7H,8H2,1H3. The molecule has 1 aromatic heterocycles. The maximum Gasteiger partial charge on any atom is 0.177 e. The molecule has 17 heavy (non-hydrogen) atoms. The van der Waals surface area contributed by atoms with E-state index in [2.05, 4.69) is 4.98 Å². The molecule has 0 saturated heterocycles. The topological polar surface area (TPSA) is 64.1 Å². The van der Waals surface area contributed by atoms with Gasteiger partial charge >= 0.3 is 0 Å². The van der Waals surface area contributed by atoms with E-state index in [1.807, 2.05) is 6.07 Å². The maximum atomic E-state index is 11.7. The number of pyridine rings is 1. The van der Waals surface area contributed by atoms with Crippen LogP contribution in [-0.2, 0) is 9.84 Å². The molecule has 0 radical (unpaired) electrons. The number of rotatable bonds is 3. The van der Waals surface area contributed by atoms with Gasteiger partial charge in [0.2, 0.25) is 0 Å². The van der Waals surface area contributed by atoms with Crippen LogP contribution in [0.25, 0.3) is 10.9 Å². The SMILES string of the molecule is CS(=O)(=O)CC(=O)c1ccc2cccnc2c1. The van der Waals surface area contributed by atoms with Gasteiger partial charge in [-0.25, -0.2) is 8.42 Å². The first kappa shape index (κ1) is 11.7. The number of aromatic nitrogens is 1. The van der Waals surface area contributed by atoms with E-state index in [0.717, 1.165) is 11.6 Å². The molecule has 0 N–H and O–H groups in total. The second-order valence-corrected chi connectivity index (χ2v) is 6.04. The fourth-order valence-electron chi connectivity index (χ4n) is 1.56. The lowest BCUT2D eigenvalue weighted by atomic mass is 10.1.